The first-order chi connectivity index (χ1) is 13.1. The summed E-state index contributed by atoms with van der Waals surface area (Å²) in [6, 6.07) is 0. The van der Waals surface area contributed by atoms with Crippen molar-refractivity contribution in [2.75, 3.05) is 27.2 Å². The average molecular weight is 384 g/mol. The molecule has 3 nitrogen and oxygen atoms in total. The Balaban J connectivity index is 3.21. The summed E-state index contributed by atoms with van der Waals surface area (Å²) in [7, 11) is 3.57. The second-order valence-corrected chi connectivity index (χ2v) is 8.49. The van der Waals surface area contributed by atoms with E-state index in [0.717, 1.165) is 13.1 Å². The van der Waals surface area contributed by atoms with E-state index in [0.29, 0.717) is 0 Å². The molecule has 0 N–H and O–H groups in total. The van der Waals surface area contributed by atoms with E-state index in [-0.39, 0.29) is 11.9 Å². The molecule has 0 rings (SSSR count). The van der Waals surface area contributed by atoms with Crippen LogP contribution in [0.25, 0.3) is 0 Å². The molecule has 0 bridgehead atoms. The summed E-state index contributed by atoms with van der Waals surface area (Å²) in [6.07, 6.45) is 22.5. The zero-order valence-electron chi connectivity index (χ0n) is 19.1. The van der Waals surface area contributed by atoms with Crippen molar-refractivity contribution < 1.29 is 9.53 Å². The predicted octanol–water partition coefficient (Wildman–Crippen LogP) is 6.99. The molecule has 27 heavy (non-hydrogen) atoms. The molecular weight excluding hydrogens is 334 g/mol. The highest BCUT2D eigenvalue weighted by Crippen LogP contribution is 2.14. The molecule has 1 unspecified atom stereocenters. The molecule has 0 saturated heterocycles. The van der Waals surface area contributed by atoms with Gasteiger partial charge in [-0.15, -0.1) is 0 Å². The largest absolute Gasteiger partial charge is 0.469 e. The van der Waals surface area contributed by atoms with Crippen molar-refractivity contribution in [3.8, 4) is 0 Å². The molecule has 0 aromatic rings. The number of hydrogen-bond donors (Lipinski definition) is 0. The number of hydrogen-bond acceptors (Lipinski definition) is 3. The first kappa shape index (κ1) is 26.4. The summed E-state index contributed by atoms with van der Waals surface area (Å²) >= 11 is 0. The number of unbranched alkanes of at least 4 members (excludes halogenated alkanes) is 15. The lowest BCUT2D eigenvalue weighted by atomic mass is 10.0. The van der Waals surface area contributed by atoms with Crippen LogP contribution >= 0.6 is 0 Å². The Morgan fingerprint density at radius 2 is 1.11 bits per heavy atom. The van der Waals surface area contributed by atoms with E-state index < -0.39 is 0 Å². The highest BCUT2D eigenvalue weighted by atomic mass is 16.5. The van der Waals surface area contributed by atoms with Gasteiger partial charge in [0.1, 0.15) is 0 Å². The van der Waals surface area contributed by atoms with Gasteiger partial charge in [0.2, 0.25) is 0 Å². The van der Waals surface area contributed by atoms with E-state index in [4.69, 9.17) is 4.74 Å². The number of ether oxygens (including phenoxy) is 1. The lowest BCUT2D eigenvalue weighted by Crippen LogP contribution is -2.30. The normalized spacial score (nSPS) is 12.5. The minimum absolute atomic E-state index is 0.0268. The van der Waals surface area contributed by atoms with Gasteiger partial charge in [-0.2, -0.15) is 0 Å². The molecule has 0 heterocycles. The summed E-state index contributed by atoms with van der Waals surface area (Å²) in [6.45, 7) is 6.11. The molecule has 0 aromatic carbocycles. The van der Waals surface area contributed by atoms with Gasteiger partial charge in [-0.3, -0.25) is 4.79 Å². The molecule has 0 saturated carbocycles. The van der Waals surface area contributed by atoms with Crippen LogP contribution in [0.15, 0.2) is 0 Å². The standard InChI is InChI=1S/C24H49NO2/c1-5-6-7-8-9-10-11-12-13-14-15-16-17-18-19-20-21-25(3)22-23(2)24(26)27-4/h23H,5-22H2,1-4H3. The number of methoxy groups -OCH3 is 1. The molecule has 0 fully saturated rings. The van der Waals surface area contributed by atoms with E-state index in [1.54, 1.807) is 0 Å². The third-order valence-corrected chi connectivity index (χ3v) is 5.58. The zero-order valence-corrected chi connectivity index (χ0v) is 19.1. The van der Waals surface area contributed by atoms with E-state index >= 15 is 0 Å². The van der Waals surface area contributed by atoms with Crippen molar-refractivity contribution >= 4 is 5.97 Å². The summed E-state index contributed by atoms with van der Waals surface area (Å²) in [5.41, 5.74) is 0. The monoisotopic (exact) mass is 383 g/mol. The van der Waals surface area contributed by atoms with E-state index in [2.05, 4.69) is 18.9 Å². The van der Waals surface area contributed by atoms with Gasteiger partial charge in [0.25, 0.3) is 0 Å². The van der Waals surface area contributed by atoms with Crippen molar-refractivity contribution in [3.05, 3.63) is 0 Å². The molecule has 0 radical (unpaired) electrons. The van der Waals surface area contributed by atoms with Crippen LogP contribution in [0.1, 0.15) is 117 Å². The number of nitrogens with zero attached hydrogens (tertiary/aromatic N) is 1. The fourth-order valence-electron chi connectivity index (χ4n) is 3.76. The van der Waals surface area contributed by atoms with Gasteiger partial charge in [-0.05, 0) is 20.0 Å². The van der Waals surface area contributed by atoms with Crippen LogP contribution in [0, 0.1) is 5.92 Å². The van der Waals surface area contributed by atoms with Crippen molar-refractivity contribution in [2.45, 2.75) is 117 Å². The second-order valence-electron chi connectivity index (χ2n) is 8.49. The smallest absolute Gasteiger partial charge is 0.309 e. The number of rotatable bonds is 20. The fraction of sp³-hybridized carbons (Fsp3) is 0.958. The SMILES string of the molecule is CCCCCCCCCCCCCCCCCCN(C)CC(C)C(=O)OC. The number of esters is 1. The average Bonchev–Trinajstić information content (AvgIpc) is 2.66. The molecule has 0 spiro atoms. The molecule has 3 heteroatoms. The Kier molecular flexibility index (Phi) is 19.7. The minimum atomic E-state index is -0.103. The van der Waals surface area contributed by atoms with Crippen LogP contribution in [0.3, 0.4) is 0 Å². The first-order valence-corrected chi connectivity index (χ1v) is 11.9. The first-order valence-electron chi connectivity index (χ1n) is 11.9. The number of carbonyl (C=O) groups is 1. The van der Waals surface area contributed by atoms with Crippen molar-refractivity contribution in [1.29, 1.82) is 0 Å². The maximum atomic E-state index is 11.4. The molecule has 0 aliphatic heterocycles. The molecule has 0 aliphatic rings. The second kappa shape index (κ2) is 20.2. The Bertz CT molecular complexity index is 320. The zero-order chi connectivity index (χ0) is 20.2. The Morgan fingerprint density at radius 3 is 1.48 bits per heavy atom. The molecule has 0 aliphatic carbocycles. The van der Waals surface area contributed by atoms with Crippen LogP contribution in [-0.2, 0) is 9.53 Å². The third kappa shape index (κ3) is 18.6. The molecule has 162 valence electrons. The highest BCUT2D eigenvalue weighted by molar-refractivity contribution is 5.71. The van der Waals surface area contributed by atoms with E-state index in [1.807, 2.05) is 6.92 Å². The third-order valence-electron chi connectivity index (χ3n) is 5.58. The van der Waals surface area contributed by atoms with E-state index in [9.17, 15) is 4.79 Å². The molecule has 0 amide bonds. The van der Waals surface area contributed by atoms with Gasteiger partial charge in [0.15, 0.2) is 0 Å². The van der Waals surface area contributed by atoms with Crippen LogP contribution in [0.5, 0.6) is 0 Å². The van der Waals surface area contributed by atoms with Crippen LogP contribution in [0.2, 0.25) is 0 Å². The lowest BCUT2D eigenvalue weighted by Gasteiger charge is -2.19. The summed E-state index contributed by atoms with van der Waals surface area (Å²) in [4.78, 5) is 13.7. The van der Waals surface area contributed by atoms with Gasteiger partial charge in [-0.1, -0.05) is 110 Å². The topological polar surface area (TPSA) is 29.5 Å². The summed E-state index contributed by atoms with van der Waals surface area (Å²) in [5.74, 6) is -0.130. The maximum absolute atomic E-state index is 11.4. The van der Waals surface area contributed by atoms with Gasteiger partial charge in [0.05, 0.1) is 13.0 Å². The van der Waals surface area contributed by atoms with Crippen LogP contribution in [0.4, 0.5) is 0 Å². The lowest BCUT2D eigenvalue weighted by molar-refractivity contribution is -0.145. The summed E-state index contributed by atoms with van der Waals surface area (Å²) in [5, 5.41) is 0. The van der Waals surface area contributed by atoms with Crippen LogP contribution in [-0.4, -0.2) is 38.1 Å². The Hall–Kier alpha value is -0.570. The minimum Gasteiger partial charge on any atom is -0.469 e. The van der Waals surface area contributed by atoms with Crippen LogP contribution < -0.4 is 0 Å². The van der Waals surface area contributed by atoms with Crippen molar-refractivity contribution in [2.24, 2.45) is 5.92 Å². The quantitative estimate of drug-likeness (QED) is 0.168. The van der Waals surface area contributed by atoms with Crippen molar-refractivity contribution in [3.63, 3.8) is 0 Å². The maximum Gasteiger partial charge on any atom is 0.309 e. The summed E-state index contributed by atoms with van der Waals surface area (Å²) < 4.78 is 4.78. The fourth-order valence-corrected chi connectivity index (χ4v) is 3.76. The van der Waals surface area contributed by atoms with Gasteiger partial charge in [0, 0.05) is 6.54 Å². The number of carbonyl (C=O) groups excluding carboxylic acids is 1. The van der Waals surface area contributed by atoms with E-state index in [1.165, 1.54) is 110 Å². The Morgan fingerprint density at radius 1 is 0.741 bits per heavy atom. The van der Waals surface area contributed by atoms with Crippen molar-refractivity contribution in [1.82, 2.24) is 4.90 Å². The molecule has 0 aromatic heterocycles. The molecule has 1 atom stereocenters. The predicted molar refractivity (Wildman–Crippen MR) is 118 cm³/mol. The molecular formula is C24H49NO2. The van der Waals surface area contributed by atoms with Gasteiger partial charge >= 0.3 is 5.97 Å². The van der Waals surface area contributed by atoms with Gasteiger partial charge < -0.3 is 9.64 Å². The Labute approximate surface area is 170 Å². The van der Waals surface area contributed by atoms with Gasteiger partial charge in [-0.25, -0.2) is 0 Å². The highest BCUT2D eigenvalue weighted by Gasteiger charge is 2.14.